The average molecular weight is 187 g/mol. The minimum Gasteiger partial charge on any atom is -0.480 e. The predicted molar refractivity (Wildman–Crippen MR) is 49.0 cm³/mol. The van der Waals surface area contributed by atoms with Crippen LogP contribution in [0.3, 0.4) is 0 Å². The smallest absolute Gasteiger partial charge is 0.319 e. The Morgan fingerprint density at radius 2 is 2.25 bits per heavy atom. The van der Waals surface area contributed by atoms with E-state index in [9.17, 15) is 4.79 Å². The number of hydrogen-bond donors (Lipinski definition) is 1. The molecule has 0 aliphatic carbocycles. The van der Waals surface area contributed by atoms with Crippen LogP contribution < -0.4 is 0 Å². The topological polar surface area (TPSA) is 61.1 Å². The van der Waals surface area contributed by atoms with Crippen LogP contribution in [0.2, 0.25) is 0 Å². The number of aliphatic carboxylic acids is 1. The molecule has 0 radical (unpaired) electrons. The zero-order valence-corrected chi connectivity index (χ0v) is 8.15. The van der Waals surface area contributed by atoms with E-state index in [0.29, 0.717) is 6.42 Å². The van der Waals surface area contributed by atoms with E-state index in [1.54, 1.807) is 13.8 Å². The van der Waals surface area contributed by atoms with E-state index in [-0.39, 0.29) is 0 Å². The molecule has 12 heavy (non-hydrogen) atoms. The maximum Gasteiger partial charge on any atom is 0.319 e. The number of rotatable bonds is 5. The summed E-state index contributed by atoms with van der Waals surface area (Å²) in [6.07, 6.45) is 1.26. The van der Waals surface area contributed by atoms with Gasteiger partial charge in [-0.15, -0.1) is 11.8 Å². The van der Waals surface area contributed by atoms with Crippen LogP contribution in [0.4, 0.5) is 0 Å². The molecule has 3 nitrogen and oxygen atoms in total. The number of unbranched alkanes of at least 4 members (excludes halogenated alkanes) is 1. The monoisotopic (exact) mass is 187 g/mol. The van der Waals surface area contributed by atoms with Crippen LogP contribution in [0, 0.1) is 11.3 Å². The fraction of sp³-hybridized carbons (Fsp3) is 0.750. The van der Waals surface area contributed by atoms with Crippen molar-refractivity contribution in [2.75, 3.05) is 5.75 Å². The van der Waals surface area contributed by atoms with Gasteiger partial charge in [0.05, 0.1) is 6.07 Å². The lowest BCUT2D eigenvalue weighted by atomic mass is 10.2. The summed E-state index contributed by atoms with van der Waals surface area (Å²) in [5.41, 5.74) is 0. The van der Waals surface area contributed by atoms with E-state index in [1.807, 2.05) is 6.07 Å². The highest BCUT2D eigenvalue weighted by molar-refractivity contribution is 8.01. The third-order valence-corrected chi connectivity index (χ3v) is 2.80. The molecular formula is C8H13NO2S. The van der Waals surface area contributed by atoms with Gasteiger partial charge in [-0.05, 0) is 26.0 Å². The minimum atomic E-state index is -0.801. The number of hydrogen-bond acceptors (Lipinski definition) is 3. The molecule has 0 unspecified atom stereocenters. The summed E-state index contributed by atoms with van der Waals surface area (Å²) in [6, 6.07) is 2.02. The maximum absolute atomic E-state index is 10.6. The highest BCUT2D eigenvalue weighted by Gasteiger charge is 2.26. The minimum absolute atomic E-state index is 0.503. The lowest BCUT2D eigenvalue weighted by Crippen LogP contribution is -2.27. The number of carboxylic acids is 1. The van der Waals surface area contributed by atoms with Gasteiger partial charge in [-0.25, -0.2) is 0 Å². The summed E-state index contributed by atoms with van der Waals surface area (Å²) in [5.74, 6) is -0.0724. The molecule has 0 aliphatic heterocycles. The van der Waals surface area contributed by atoms with Crippen LogP contribution in [0.15, 0.2) is 0 Å². The molecule has 0 aromatic heterocycles. The van der Waals surface area contributed by atoms with Crippen molar-refractivity contribution >= 4 is 17.7 Å². The first-order valence-electron chi connectivity index (χ1n) is 3.75. The van der Waals surface area contributed by atoms with Gasteiger partial charge in [0, 0.05) is 6.42 Å². The quantitative estimate of drug-likeness (QED) is 0.667. The van der Waals surface area contributed by atoms with Crippen molar-refractivity contribution in [1.82, 2.24) is 0 Å². The second-order valence-corrected chi connectivity index (χ2v) is 4.64. The normalized spacial score (nSPS) is 10.8. The van der Waals surface area contributed by atoms with Gasteiger partial charge in [-0.3, -0.25) is 4.79 Å². The molecule has 0 saturated carbocycles. The molecule has 0 aliphatic rings. The van der Waals surface area contributed by atoms with Gasteiger partial charge in [0.25, 0.3) is 0 Å². The van der Waals surface area contributed by atoms with Crippen molar-refractivity contribution < 1.29 is 9.90 Å². The van der Waals surface area contributed by atoms with Crippen LogP contribution in [0.5, 0.6) is 0 Å². The van der Waals surface area contributed by atoms with Crippen LogP contribution in [0.1, 0.15) is 26.7 Å². The van der Waals surface area contributed by atoms with Crippen molar-refractivity contribution in [1.29, 1.82) is 5.26 Å². The fourth-order valence-electron chi connectivity index (χ4n) is 0.540. The molecule has 0 amide bonds. The molecule has 0 heterocycles. The zero-order valence-electron chi connectivity index (χ0n) is 7.33. The van der Waals surface area contributed by atoms with Crippen LogP contribution in [0.25, 0.3) is 0 Å². The van der Waals surface area contributed by atoms with E-state index >= 15 is 0 Å². The predicted octanol–water partition coefficient (Wildman–Crippen LogP) is 1.89. The average Bonchev–Trinajstić information content (AvgIpc) is 1.98. The molecule has 0 aromatic rings. The largest absolute Gasteiger partial charge is 0.480 e. The molecule has 0 spiro atoms. The number of nitriles is 1. The van der Waals surface area contributed by atoms with Crippen molar-refractivity contribution in [3.63, 3.8) is 0 Å². The highest BCUT2D eigenvalue weighted by atomic mass is 32.2. The van der Waals surface area contributed by atoms with E-state index in [1.165, 1.54) is 11.8 Å². The fourth-order valence-corrected chi connectivity index (χ4v) is 1.46. The third kappa shape index (κ3) is 4.24. The van der Waals surface area contributed by atoms with Crippen molar-refractivity contribution in [3.05, 3.63) is 0 Å². The SMILES string of the molecule is CC(C)(SCCCC#N)C(=O)O. The third-order valence-electron chi connectivity index (χ3n) is 1.41. The Kier molecular flexibility index (Phi) is 4.75. The second kappa shape index (κ2) is 5.04. The Balaban J connectivity index is 3.63. The van der Waals surface area contributed by atoms with Gasteiger partial charge in [0.1, 0.15) is 4.75 Å². The Morgan fingerprint density at radius 3 is 2.67 bits per heavy atom. The maximum atomic E-state index is 10.6. The van der Waals surface area contributed by atoms with Crippen LogP contribution in [-0.2, 0) is 4.79 Å². The molecule has 0 atom stereocenters. The standard InChI is InChI=1S/C8H13NO2S/c1-8(2,7(10)11)12-6-4-3-5-9/h3-4,6H2,1-2H3,(H,10,11). The molecule has 0 saturated heterocycles. The summed E-state index contributed by atoms with van der Waals surface area (Å²) in [5, 5.41) is 16.9. The summed E-state index contributed by atoms with van der Waals surface area (Å²) < 4.78 is -0.727. The Hall–Kier alpha value is -0.690. The molecule has 0 fully saturated rings. The summed E-state index contributed by atoms with van der Waals surface area (Å²) in [4.78, 5) is 10.6. The number of carbonyl (C=O) groups is 1. The molecule has 4 heteroatoms. The number of thioether (sulfide) groups is 1. The van der Waals surface area contributed by atoms with Gasteiger partial charge in [0.2, 0.25) is 0 Å². The van der Waals surface area contributed by atoms with E-state index < -0.39 is 10.7 Å². The lowest BCUT2D eigenvalue weighted by Gasteiger charge is -2.17. The first kappa shape index (κ1) is 11.3. The highest BCUT2D eigenvalue weighted by Crippen LogP contribution is 2.25. The first-order chi connectivity index (χ1) is 5.50. The summed E-state index contributed by atoms with van der Waals surface area (Å²) in [6.45, 7) is 3.35. The first-order valence-corrected chi connectivity index (χ1v) is 4.73. The van der Waals surface area contributed by atoms with Gasteiger partial charge in [0.15, 0.2) is 0 Å². The van der Waals surface area contributed by atoms with Gasteiger partial charge >= 0.3 is 5.97 Å². The second-order valence-electron chi connectivity index (χ2n) is 2.93. The number of nitrogens with zero attached hydrogens (tertiary/aromatic N) is 1. The number of carboxylic acid groups (broad SMARTS) is 1. The van der Waals surface area contributed by atoms with E-state index in [0.717, 1.165) is 12.2 Å². The Labute approximate surface area is 76.8 Å². The Bertz CT molecular complexity index is 196. The van der Waals surface area contributed by atoms with Crippen molar-refractivity contribution in [2.45, 2.75) is 31.4 Å². The summed E-state index contributed by atoms with van der Waals surface area (Å²) >= 11 is 1.38. The Morgan fingerprint density at radius 1 is 1.67 bits per heavy atom. The van der Waals surface area contributed by atoms with E-state index in [4.69, 9.17) is 10.4 Å². The van der Waals surface area contributed by atoms with Gasteiger partial charge < -0.3 is 5.11 Å². The van der Waals surface area contributed by atoms with Gasteiger partial charge in [-0.2, -0.15) is 5.26 Å². The zero-order chi connectivity index (χ0) is 9.61. The summed E-state index contributed by atoms with van der Waals surface area (Å²) in [7, 11) is 0. The van der Waals surface area contributed by atoms with Crippen molar-refractivity contribution in [3.8, 4) is 6.07 Å². The van der Waals surface area contributed by atoms with Crippen LogP contribution in [-0.4, -0.2) is 21.6 Å². The molecular weight excluding hydrogens is 174 g/mol. The lowest BCUT2D eigenvalue weighted by molar-refractivity contribution is -0.138. The molecule has 0 aromatic carbocycles. The molecule has 0 bridgehead atoms. The molecule has 1 N–H and O–H groups in total. The molecule has 68 valence electrons. The van der Waals surface area contributed by atoms with Crippen LogP contribution >= 0.6 is 11.8 Å². The molecule has 0 rings (SSSR count). The van der Waals surface area contributed by atoms with E-state index in [2.05, 4.69) is 0 Å². The van der Waals surface area contributed by atoms with Crippen molar-refractivity contribution in [2.24, 2.45) is 0 Å². The van der Waals surface area contributed by atoms with Gasteiger partial charge in [-0.1, -0.05) is 0 Å².